The van der Waals surface area contributed by atoms with E-state index in [1.807, 2.05) is 0 Å². The number of thiol groups is 1. The van der Waals surface area contributed by atoms with E-state index >= 15 is 0 Å². The molecule has 1 atom stereocenters. The van der Waals surface area contributed by atoms with Crippen molar-refractivity contribution in [2.75, 3.05) is 5.75 Å². The van der Waals surface area contributed by atoms with Crippen LogP contribution in [0.25, 0.3) is 0 Å². The fourth-order valence-electron chi connectivity index (χ4n) is 2.33. The quantitative estimate of drug-likeness (QED) is 0.337. The van der Waals surface area contributed by atoms with Crippen LogP contribution in [-0.2, 0) is 9.59 Å². The molecule has 5 heteroatoms. The molecule has 0 saturated heterocycles. The first-order valence-electron chi connectivity index (χ1n) is 8.82. The highest BCUT2D eigenvalue weighted by molar-refractivity contribution is 7.80. The Morgan fingerprint density at radius 1 is 0.909 bits per heavy atom. The Morgan fingerprint density at radius 3 is 1.82 bits per heavy atom. The zero-order chi connectivity index (χ0) is 16.6. The van der Waals surface area contributed by atoms with Crippen molar-refractivity contribution < 1.29 is 9.59 Å². The molecule has 3 N–H and O–H groups in total. The van der Waals surface area contributed by atoms with E-state index in [1.165, 1.54) is 57.8 Å². The summed E-state index contributed by atoms with van der Waals surface area (Å²) in [5.74, 6) is -0.404. The van der Waals surface area contributed by atoms with Gasteiger partial charge in [-0.15, -0.1) is 0 Å². The largest absolute Gasteiger partial charge is 0.319 e. The minimum Gasteiger partial charge on any atom is -0.319 e. The molecule has 4 nitrogen and oxygen atoms in total. The van der Waals surface area contributed by atoms with Crippen LogP contribution in [-0.4, -0.2) is 23.6 Å². The summed E-state index contributed by atoms with van der Waals surface area (Å²) >= 11 is 3.93. The van der Waals surface area contributed by atoms with E-state index < -0.39 is 11.9 Å². The summed E-state index contributed by atoms with van der Waals surface area (Å²) in [6.45, 7) is 2.24. The molecule has 130 valence electrons. The third kappa shape index (κ3) is 13.1. The molecule has 2 amide bonds. The second-order valence-electron chi connectivity index (χ2n) is 5.99. The van der Waals surface area contributed by atoms with Crippen molar-refractivity contribution >= 4 is 24.4 Å². The Kier molecular flexibility index (Phi) is 15.0. The Bertz CT molecular complexity index is 298. The van der Waals surface area contributed by atoms with E-state index in [9.17, 15) is 9.59 Å². The van der Waals surface area contributed by atoms with Gasteiger partial charge in [0.05, 0.1) is 6.04 Å². The molecule has 0 aliphatic rings. The predicted octanol–water partition coefficient (Wildman–Crippen LogP) is 3.59. The minimum atomic E-state index is -0.704. The third-order valence-electron chi connectivity index (χ3n) is 3.80. The molecule has 0 aromatic heterocycles. The molecule has 0 heterocycles. The van der Waals surface area contributed by atoms with Crippen molar-refractivity contribution in [1.29, 1.82) is 0 Å². The van der Waals surface area contributed by atoms with Crippen molar-refractivity contribution in [3.05, 3.63) is 0 Å². The normalized spacial score (nSPS) is 12.1. The number of nitrogens with one attached hydrogen (secondary N) is 1. The lowest BCUT2D eigenvalue weighted by Crippen LogP contribution is -2.44. The Morgan fingerprint density at radius 2 is 1.36 bits per heavy atom. The SMILES string of the molecule is CCCCCCCCCCCCCC(=O)NC(=O)[C@@H](N)CS. The second kappa shape index (κ2) is 15.3. The molecule has 0 rings (SSSR count). The van der Waals surface area contributed by atoms with E-state index in [-0.39, 0.29) is 11.7 Å². The van der Waals surface area contributed by atoms with E-state index in [0.29, 0.717) is 6.42 Å². The van der Waals surface area contributed by atoms with E-state index in [4.69, 9.17) is 5.73 Å². The number of amides is 2. The first kappa shape index (κ1) is 21.4. The summed E-state index contributed by atoms with van der Waals surface area (Å²) in [5, 5.41) is 2.31. The van der Waals surface area contributed by atoms with Crippen molar-refractivity contribution in [2.24, 2.45) is 5.73 Å². The molecular formula is C17H34N2O2S. The van der Waals surface area contributed by atoms with Crippen LogP contribution in [0.4, 0.5) is 0 Å². The van der Waals surface area contributed by atoms with Crippen LogP contribution in [0.15, 0.2) is 0 Å². The summed E-state index contributed by atoms with van der Waals surface area (Å²) in [4.78, 5) is 22.9. The number of carbonyl (C=O) groups excluding carboxylic acids is 2. The summed E-state index contributed by atoms with van der Waals surface area (Å²) in [6, 6.07) is -0.704. The number of hydrogen-bond donors (Lipinski definition) is 3. The van der Waals surface area contributed by atoms with Gasteiger partial charge >= 0.3 is 0 Å². The molecule has 0 bridgehead atoms. The number of carbonyl (C=O) groups is 2. The summed E-state index contributed by atoms with van der Waals surface area (Å²) in [5.41, 5.74) is 5.49. The van der Waals surface area contributed by atoms with Gasteiger partial charge in [-0.1, -0.05) is 71.1 Å². The molecule has 0 fully saturated rings. The predicted molar refractivity (Wildman–Crippen MR) is 96.1 cm³/mol. The van der Waals surface area contributed by atoms with Gasteiger partial charge in [-0.2, -0.15) is 12.6 Å². The first-order valence-corrected chi connectivity index (χ1v) is 9.45. The maximum absolute atomic E-state index is 11.5. The Labute approximate surface area is 141 Å². The van der Waals surface area contributed by atoms with Gasteiger partial charge < -0.3 is 5.73 Å². The van der Waals surface area contributed by atoms with Gasteiger partial charge in [0.1, 0.15) is 0 Å². The fraction of sp³-hybridized carbons (Fsp3) is 0.882. The van der Waals surface area contributed by atoms with E-state index in [0.717, 1.165) is 12.8 Å². The monoisotopic (exact) mass is 330 g/mol. The second-order valence-corrected chi connectivity index (χ2v) is 6.35. The topological polar surface area (TPSA) is 72.2 Å². The summed E-state index contributed by atoms with van der Waals surface area (Å²) < 4.78 is 0. The van der Waals surface area contributed by atoms with Crippen LogP contribution in [0, 0.1) is 0 Å². The van der Waals surface area contributed by atoms with Crippen LogP contribution in [0.2, 0.25) is 0 Å². The summed E-state index contributed by atoms with van der Waals surface area (Å²) in [6.07, 6.45) is 14.1. The van der Waals surface area contributed by atoms with Gasteiger partial charge in [0.2, 0.25) is 11.8 Å². The van der Waals surface area contributed by atoms with Crippen molar-refractivity contribution in [3.63, 3.8) is 0 Å². The summed E-state index contributed by atoms with van der Waals surface area (Å²) in [7, 11) is 0. The number of rotatable bonds is 14. The number of hydrogen-bond acceptors (Lipinski definition) is 4. The molecule has 0 spiro atoms. The molecule has 0 aromatic carbocycles. The van der Waals surface area contributed by atoms with Gasteiger partial charge in [-0.3, -0.25) is 14.9 Å². The average Bonchev–Trinajstić information content (AvgIpc) is 2.51. The van der Waals surface area contributed by atoms with Crippen molar-refractivity contribution in [3.8, 4) is 0 Å². The van der Waals surface area contributed by atoms with Gasteiger partial charge in [0.25, 0.3) is 0 Å². The average molecular weight is 331 g/mol. The third-order valence-corrected chi connectivity index (χ3v) is 4.20. The van der Waals surface area contributed by atoms with Crippen molar-refractivity contribution in [2.45, 2.75) is 90.0 Å². The lowest BCUT2D eigenvalue weighted by molar-refractivity contribution is -0.130. The highest BCUT2D eigenvalue weighted by Crippen LogP contribution is 2.11. The zero-order valence-electron chi connectivity index (χ0n) is 14.1. The van der Waals surface area contributed by atoms with Crippen LogP contribution >= 0.6 is 12.6 Å². The molecule has 0 aliphatic carbocycles. The molecule has 0 aliphatic heterocycles. The fourth-order valence-corrected chi connectivity index (χ4v) is 2.49. The molecular weight excluding hydrogens is 296 g/mol. The zero-order valence-corrected chi connectivity index (χ0v) is 15.0. The highest BCUT2D eigenvalue weighted by Gasteiger charge is 2.14. The number of nitrogens with two attached hydrogens (primary N) is 1. The van der Waals surface area contributed by atoms with Gasteiger partial charge in [-0.05, 0) is 6.42 Å². The number of unbranched alkanes of at least 4 members (excludes halogenated alkanes) is 10. The number of imide groups is 1. The van der Waals surface area contributed by atoms with E-state index in [1.54, 1.807) is 0 Å². The van der Waals surface area contributed by atoms with Crippen molar-refractivity contribution in [1.82, 2.24) is 5.32 Å². The minimum absolute atomic E-state index is 0.224. The Balaban J connectivity index is 3.32. The maximum atomic E-state index is 11.5. The standard InChI is InChI=1S/C17H34N2O2S/c1-2-3-4-5-6-7-8-9-10-11-12-13-16(20)19-17(21)15(18)14-22/h15,22H,2-14,18H2,1H3,(H,19,20,21)/t15-/m0/s1. The van der Waals surface area contributed by atoms with Gasteiger partial charge in [0.15, 0.2) is 0 Å². The molecule has 0 radical (unpaired) electrons. The highest BCUT2D eigenvalue weighted by atomic mass is 32.1. The molecule has 22 heavy (non-hydrogen) atoms. The lowest BCUT2D eigenvalue weighted by atomic mass is 10.1. The Hall–Kier alpha value is -0.550. The molecule has 0 aromatic rings. The smallest absolute Gasteiger partial charge is 0.244 e. The van der Waals surface area contributed by atoms with Crippen LogP contribution < -0.4 is 11.1 Å². The molecule has 0 saturated carbocycles. The van der Waals surface area contributed by atoms with Crippen LogP contribution in [0.1, 0.15) is 84.0 Å². The van der Waals surface area contributed by atoms with Crippen LogP contribution in [0.5, 0.6) is 0 Å². The maximum Gasteiger partial charge on any atom is 0.244 e. The molecule has 0 unspecified atom stereocenters. The first-order chi connectivity index (χ1) is 10.6. The van der Waals surface area contributed by atoms with E-state index in [2.05, 4.69) is 24.9 Å². The van der Waals surface area contributed by atoms with Crippen LogP contribution in [0.3, 0.4) is 0 Å². The van der Waals surface area contributed by atoms with Gasteiger partial charge in [-0.25, -0.2) is 0 Å². The lowest BCUT2D eigenvalue weighted by Gasteiger charge is -2.08. The van der Waals surface area contributed by atoms with Gasteiger partial charge in [0, 0.05) is 12.2 Å².